The van der Waals surface area contributed by atoms with E-state index in [1.807, 2.05) is 0 Å². The fourth-order valence-electron chi connectivity index (χ4n) is 0.730. The molecule has 0 aromatic heterocycles. The van der Waals surface area contributed by atoms with E-state index >= 15 is 0 Å². The lowest BCUT2D eigenvalue weighted by Gasteiger charge is -2.00. The van der Waals surface area contributed by atoms with Crippen molar-refractivity contribution >= 4 is 21.9 Å². The van der Waals surface area contributed by atoms with Crippen LogP contribution in [0.4, 0.5) is 4.39 Å². The minimum atomic E-state index is -1.29. The maximum absolute atomic E-state index is 12.7. The van der Waals surface area contributed by atoms with Crippen LogP contribution in [0.25, 0.3) is 0 Å². The number of hydrogen-bond acceptors (Lipinski definition) is 2. The molecule has 0 amide bonds. The summed E-state index contributed by atoms with van der Waals surface area (Å²) in [6, 6.07) is 1.80. The average Bonchev–Trinajstić information content (AvgIpc) is 1.96. The van der Waals surface area contributed by atoms with Crippen molar-refractivity contribution in [3.63, 3.8) is 0 Å². The zero-order valence-corrected chi connectivity index (χ0v) is 7.30. The normalized spacial score (nSPS) is 9.83. The van der Waals surface area contributed by atoms with Crippen molar-refractivity contribution in [2.75, 3.05) is 0 Å². The van der Waals surface area contributed by atoms with Crippen molar-refractivity contribution in [3.8, 4) is 5.75 Å². The highest BCUT2D eigenvalue weighted by Crippen LogP contribution is 2.25. The predicted molar refractivity (Wildman–Crippen MR) is 42.7 cm³/mol. The Hall–Kier alpha value is -1.10. The number of benzene rings is 1. The van der Waals surface area contributed by atoms with Gasteiger partial charge < -0.3 is 10.2 Å². The lowest BCUT2D eigenvalue weighted by Crippen LogP contribution is -1.98. The largest absolute Gasteiger partial charge is 0.508 e. The van der Waals surface area contributed by atoms with Crippen molar-refractivity contribution in [2.24, 2.45) is 0 Å². The molecule has 1 aromatic carbocycles. The summed E-state index contributed by atoms with van der Waals surface area (Å²) >= 11 is 2.75. The molecule has 0 aliphatic carbocycles. The molecule has 0 aliphatic heterocycles. The van der Waals surface area contributed by atoms with Gasteiger partial charge in [-0.3, -0.25) is 0 Å². The predicted octanol–water partition coefficient (Wildman–Crippen LogP) is 1.99. The van der Waals surface area contributed by atoms with Crippen molar-refractivity contribution in [2.45, 2.75) is 0 Å². The van der Waals surface area contributed by atoms with Crippen LogP contribution in [-0.4, -0.2) is 16.2 Å². The molecule has 0 saturated heterocycles. The Balaban J connectivity index is 3.37. The monoisotopic (exact) mass is 234 g/mol. The number of aromatic hydroxyl groups is 1. The average molecular weight is 235 g/mol. The summed E-state index contributed by atoms with van der Waals surface area (Å²) < 4.78 is 12.6. The van der Waals surface area contributed by atoms with Gasteiger partial charge in [0.1, 0.15) is 11.6 Å². The molecule has 64 valence electrons. The van der Waals surface area contributed by atoms with Gasteiger partial charge in [0.05, 0.1) is 10.0 Å². The quantitative estimate of drug-likeness (QED) is 0.782. The molecule has 12 heavy (non-hydrogen) atoms. The molecule has 5 heteroatoms. The summed E-state index contributed by atoms with van der Waals surface area (Å²) in [7, 11) is 0. The van der Waals surface area contributed by atoms with Crippen molar-refractivity contribution in [1.29, 1.82) is 0 Å². The highest BCUT2D eigenvalue weighted by atomic mass is 79.9. The van der Waals surface area contributed by atoms with E-state index in [2.05, 4.69) is 15.9 Å². The number of phenols is 1. The summed E-state index contributed by atoms with van der Waals surface area (Å²) in [4.78, 5) is 10.4. The summed E-state index contributed by atoms with van der Waals surface area (Å²) in [6.45, 7) is 0. The van der Waals surface area contributed by atoms with Crippen LogP contribution in [0.3, 0.4) is 0 Å². The number of carboxylic acids is 1. The van der Waals surface area contributed by atoms with Gasteiger partial charge in [-0.15, -0.1) is 0 Å². The first-order chi connectivity index (χ1) is 5.52. The zero-order chi connectivity index (χ0) is 9.30. The van der Waals surface area contributed by atoms with Gasteiger partial charge in [0, 0.05) is 6.07 Å². The van der Waals surface area contributed by atoms with E-state index < -0.39 is 17.5 Å². The van der Waals surface area contributed by atoms with Gasteiger partial charge in [0.15, 0.2) is 0 Å². The second kappa shape index (κ2) is 3.10. The van der Waals surface area contributed by atoms with Gasteiger partial charge in [-0.2, -0.15) is 0 Å². The maximum Gasteiger partial charge on any atom is 0.337 e. The van der Waals surface area contributed by atoms with Crippen LogP contribution < -0.4 is 0 Å². The van der Waals surface area contributed by atoms with Crippen LogP contribution in [0.15, 0.2) is 16.6 Å². The smallest absolute Gasteiger partial charge is 0.337 e. The minimum Gasteiger partial charge on any atom is -0.508 e. The topological polar surface area (TPSA) is 57.5 Å². The van der Waals surface area contributed by atoms with Crippen molar-refractivity contribution < 1.29 is 19.4 Å². The highest BCUT2D eigenvalue weighted by Gasteiger charge is 2.13. The summed E-state index contributed by atoms with van der Waals surface area (Å²) in [5.41, 5.74) is -0.299. The van der Waals surface area contributed by atoms with Gasteiger partial charge in [-0.05, 0) is 22.0 Å². The van der Waals surface area contributed by atoms with Crippen LogP contribution >= 0.6 is 15.9 Å². The van der Waals surface area contributed by atoms with E-state index in [0.29, 0.717) is 0 Å². The number of phenolic OH excluding ortho intramolecular Hbond substituents is 1. The molecule has 0 saturated carbocycles. The Labute approximate surface area is 75.6 Å². The molecule has 2 N–H and O–H groups in total. The first-order valence-corrected chi connectivity index (χ1v) is 3.73. The minimum absolute atomic E-state index is 0.159. The molecule has 0 spiro atoms. The van der Waals surface area contributed by atoms with E-state index in [1.165, 1.54) is 0 Å². The number of aromatic carboxylic acids is 1. The fourth-order valence-corrected chi connectivity index (χ4v) is 1.13. The van der Waals surface area contributed by atoms with E-state index in [4.69, 9.17) is 10.2 Å². The Morgan fingerprint density at radius 2 is 2.08 bits per heavy atom. The Morgan fingerprint density at radius 3 is 2.58 bits per heavy atom. The summed E-state index contributed by atoms with van der Waals surface area (Å²) in [6.07, 6.45) is 0. The Bertz CT molecular complexity index is 338. The van der Waals surface area contributed by atoms with E-state index in [0.717, 1.165) is 12.1 Å². The lowest BCUT2D eigenvalue weighted by atomic mass is 10.2. The summed E-state index contributed by atoms with van der Waals surface area (Å²) in [5, 5.41) is 17.3. The number of halogens is 2. The molecule has 0 fully saturated rings. The van der Waals surface area contributed by atoms with E-state index in [-0.39, 0.29) is 10.0 Å². The first kappa shape index (κ1) is 8.99. The SMILES string of the molecule is O=C(O)c1cc(O)cc(F)c1Br. The first-order valence-electron chi connectivity index (χ1n) is 2.93. The number of hydrogen-bond donors (Lipinski definition) is 2. The fraction of sp³-hybridized carbons (Fsp3) is 0. The zero-order valence-electron chi connectivity index (χ0n) is 5.71. The molecular formula is C7H4BrFO3. The maximum atomic E-state index is 12.7. The third-order valence-corrected chi connectivity index (χ3v) is 2.05. The van der Waals surface area contributed by atoms with Crippen LogP contribution in [-0.2, 0) is 0 Å². The third kappa shape index (κ3) is 1.55. The molecular weight excluding hydrogens is 231 g/mol. The number of carboxylic acid groups (broad SMARTS) is 1. The Morgan fingerprint density at radius 1 is 1.50 bits per heavy atom. The third-order valence-electron chi connectivity index (χ3n) is 1.24. The second-order valence-electron chi connectivity index (χ2n) is 2.09. The lowest BCUT2D eigenvalue weighted by molar-refractivity contribution is 0.0694. The molecule has 3 nitrogen and oxygen atoms in total. The molecule has 1 aromatic rings. The molecule has 0 heterocycles. The second-order valence-corrected chi connectivity index (χ2v) is 2.89. The molecule has 0 aliphatic rings. The van der Waals surface area contributed by atoms with Gasteiger partial charge in [0.2, 0.25) is 0 Å². The highest BCUT2D eigenvalue weighted by molar-refractivity contribution is 9.10. The number of rotatable bonds is 1. The van der Waals surface area contributed by atoms with Gasteiger partial charge in [0.25, 0.3) is 0 Å². The molecule has 0 atom stereocenters. The molecule has 0 bridgehead atoms. The molecule has 0 radical (unpaired) electrons. The van der Waals surface area contributed by atoms with Crippen LogP contribution in [0.1, 0.15) is 10.4 Å². The number of carbonyl (C=O) groups is 1. The van der Waals surface area contributed by atoms with Gasteiger partial charge in [-0.1, -0.05) is 0 Å². The Kier molecular flexibility index (Phi) is 2.32. The molecule has 0 unspecified atom stereocenters. The standard InChI is InChI=1S/C7H4BrFO3/c8-6-4(7(11)12)1-3(10)2-5(6)9/h1-2,10H,(H,11,12). The van der Waals surface area contributed by atoms with Crippen LogP contribution in [0, 0.1) is 5.82 Å². The molecule has 1 rings (SSSR count). The van der Waals surface area contributed by atoms with Gasteiger partial charge in [-0.25, -0.2) is 9.18 Å². The summed E-state index contributed by atoms with van der Waals surface area (Å²) in [5.74, 6) is -2.50. The van der Waals surface area contributed by atoms with Crippen LogP contribution in [0.5, 0.6) is 5.75 Å². The van der Waals surface area contributed by atoms with E-state index in [1.54, 1.807) is 0 Å². The van der Waals surface area contributed by atoms with Crippen LogP contribution in [0.2, 0.25) is 0 Å². The van der Waals surface area contributed by atoms with Gasteiger partial charge >= 0.3 is 5.97 Å². The van der Waals surface area contributed by atoms with Crippen molar-refractivity contribution in [1.82, 2.24) is 0 Å². The van der Waals surface area contributed by atoms with Crippen molar-refractivity contribution in [3.05, 3.63) is 28.0 Å². The van der Waals surface area contributed by atoms with E-state index in [9.17, 15) is 9.18 Å².